The van der Waals surface area contributed by atoms with Gasteiger partial charge < -0.3 is 0 Å². The predicted molar refractivity (Wildman–Crippen MR) is 59.3 cm³/mol. The van der Waals surface area contributed by atoms with E-state index in [1.54, 1.807) is 0 Å². The van der Waals surface area contributed by atoms with E-state index in [0.717, 1.165) is 5.92 Å². The lowest BCUT2D eigenvalue weighted by Crippen LogP contribution is -1.99. The molecule has 1 heterocycles. The van der Waals surface area contributed by atoms with Crippen molar-refractivity contribution in [2.45, 2.75) is 45.4 Å². The average molecular weight is 189 g/mol. The van der Waals surface area contributed by atoms with E-state index < -0.39 is 0 Å². The number of aryl methyl sites for hydroxylation is 2. The maximum absolute atomic E-state index is 4.47. The lowest BCUT2D eigenvalue weighted by Gasteiger charge is -2.11. The van der Waals surface area contributed by atoms with Crippen LogP contribution in [0.15, 0.2) is 18.3 Å². The van der Waals surface area contributed by atoms with Crippen LogP contribution in [0.25, 0.3) is 0 Å². The Labute approximate surface area is 86.6 Å². The second-order valence-corrected chi connectivity index (χ2v) is 4.34. The second-order valence-electron chi connectivity index (χ2n) is 4.34. The van der Waals surface area contributed by atoms with E-state index in [-0.39, 0.29) is 0 Å². The monoisotopic (exact) mass is 189 g/mol. The molecule has 14 heavy (non-hydrogen) atoms. The van der Waals surface area contributed by atoms with Crippen LogP contribution in [-0.2, 0) is 12.8 Å². The molecule has 1 unspecified atom stereocenters. The van der Waals surface area contributed by atoms with Gasteiger partial charge in [0.1, 0.15) is 0 Å². The summed E-state index contributed by atoms with van der Waals surface area (Å²) in [5, 5.41) is 0. The Morgan fingerprint density at radius 3 is 3.07 bits per heavy atom. The van der Waals surface area contributed by atoms with Gasteiger partial charge in [-0.2, -0.15) is 0 Å². The third-order valence-electron chi connectivity index (χ3n) is 3.29. The van der Waals surface area contributed by atoms with Gasteiger partial charge in [0.05, 0.1) is 0 Å². The van der Waals surface area contributed by atoms with Crippen LogP contribution in [0, 0.1) is 5.92 Å². The smallest absolute Gasteiger partial charge is 0.0435 e. The summed E-state index contributed by atoms with van der Waals surface area (Å²) >= 11 is 0. The molecule has 0 spiro atoms. The van der Waals surface area contributed by atoms with Crippen molar-refractivity contribution in [1.29, 1.82) is 0 Å². The van der Waals surface area contributed by atoms with Gasteiger partial charge in [-0.15, -0.1) is 0 Å². The Morgan fingerprint density at radius 2 is 2.21 bits per heavy atom. The molecule has 76 valence electrons. The molecule has 0 saturated heterocycles. The third kappa shape index (κ3) is 2.14. The number of hydrogen-bond donors (Lipinski definition) is 0. The minimum absolute atomic E-state index is 0.939. The summed E-state index contributed by atoms with van der Waals surface area (Å²) in [5.74, 6) is 0.939. The van der Waals surface area contributed by atoms with Crippen LogP contribution >= 0.6 is 0 Å². The molecule has 0 saturated carbocycles. The van der Waals surface area contributed by atoms with Crippen molar-refractivity contribution >= 4 is 0 Å². The van der Waals surface area contributed by atoms with Gasteiger partial charge in [-0.3, -0.25) is 4.98 Å². The third-order valence-corrected chi connectivity index (χ3v) is 3.29. The van der Waals surface area contributed by atoms with Crippen molar-refractivity contribution in [1.82, 2.24) is 4.98 Å². The maximum atomic E-state index is 4.47. The zero-order valence-electron chi connectivity index (χ0n) is 9.00. The Bertz CT molecular complexity index is 266. The molecule has 1 heteroatoms. The number of fused-ring (bicyclic) bond motifs is 1. The molecule has 1 aromatic rings. The largest absolute Gasteiger partial charge is 0.261 e. The molecule has 0 bridgehead atoms. The highest BCUT2D eigenvalue weighted by molar-refractivity contribution is 5.21. The van der Waals surface area contributed by atoms with Crippen molar-refractivity contribution in [3.8, 4) is 0 Å². The summed E-state index contributed by atoms with van der Waals surface area (Å²) < 4.78 is 0. The molecule has 0 radical (unpaired) electrons. The van der Waals surface area contributed by atoms with Crippen LogP contribution in [-0.4, -0.2) is 4.98 Å². The normalized spacial score (nSPS) is 21.4. The van der Waals surface area contributed by atoms with Gasteiger partial charge in [-0.05, 0) is 43.2 Å². The van der Waals surface area contributed by atoms with Crippen LogP contribution in [0.1, 0.15) is 43.9 Å². The van der Waals surface area contributed by atoms with Crippen LogP contribution < -0.4 is 0 Å². The van der Waals surface area contributed by atoms with E-state index in [2.05, 4.69) is 24.0 Å². The van der Waals surface area contributed by atoms with Crippen molar-refractivity contribution in [3.05, 3.63) is 29.6 Å². The van der Waals surface area contributed by atoms with Gasteiger partial charge in [0.15, 0.2) is 0 Å². The Hall–Kier alpha value is -0.850. The number of hydrogen-bond acceptors (Lipinski definition) is 1. The van der Waals surface area contributed by atoms with Gasteiger partial charge in [0.25, 0.3) is 0 Å². The topological polar surface area (TPSA) is 12.9 Å². The lowest BCUT2D eigenvalue weighted by molar-refractivity contribution is 0.426. The average Bonchev–Trinajstić information content (AvgIpc) is 2.42. The fourth-order valence-corrected chi connectivity index (χ4v) is 2.47. The summed E-state index contributed by atoms with van der Waals surface area (Å²) in [4.78, 5) is 4.47. The summed E-state index contributed by atoms with van der Waals surface area (Å²) in [6.45, 7) is 2.29. The second kappa shape index (κ2) is 4.59. The first-order valence-corrected chi connectivity index (χ1v) is 5.83. The fourth-order valence-electron chi connectivity index (χ4n) is 2.47. The van der Waals surface area contributed by atoms with Crippen LogP contribution in [0.3, 0.4) is 0 Å². The fraction of sp³-hybridized carbons (Fsp3) is 0.615. The maximum Gasteiger partial charge on any atom is 0.0435 e. The number of aromatic nitrogens is 1. The molecule has 1 aliphatic carbocycles. The Kier molecular flexibility index (Phi) is 3.18. The summed E-state index contributed by atoms with van der Waals surface area (Å²) in [6, 6.07) is 4.32. The highest BCUT2D eigenvalue weighted by Gasteiger charge is 2.15. The first kappa shape index (κ1) is 9.70. The van der Waals surface area contributed by atoms with E-state index in [1.165, 1.54) is 49.8 Å². The first-order valence-electron chi connectivity index (χ1n) is 5.83. The van der Waals surface area contributed by atoms with Crippen molar-refractivity contribution in [2.75, 3.05) is 0 Å². The highest BCUT2D eigenvalue weighted by atomic mass is 14.7. The number of rotatable bonds is 2. The molecule has 0 aliphatic heterocycles. The number of pyridine rings is 1. The SMILES string of the molecule is CCCC1CCc2cccnc2CC1. The molecule has 0 fully saturated rings. The van der Waals surface area contributed by atoms with E-state index in [1.807, 2.05) is 6.20 Å². The van der Waals surface area contributed by atoms with Crippen LogP contribution in [0.2, 0.25) is 0 Å². The standard InChI is InChI=1S/C13H19N/c1-2-4-11-6-8-12-5-3-10-14-13(12)9-7-11/h3,5,10-11H,2,4,6-9H2,1H3. The number of nitrogens with zero attached hydrogens (tertiary/aromatic N) is 1. The van der Waals surface area contributed by atoms with Gasteiger partial charge in [-0.1, -0.05) is 25.8 Å². The highest BCUT2D eigenvalue weighted by Crippen LogP contribution is 2.25. The summed E-state index contributed by atoms with van der Waals surface area (Å²) in [5.41, 5.74) is 2.84. The molecule has 1 aromatic heterocycles. The lowest BCUT2D eigenvalue weighted by atomic mass is 9.95. The van der Waals surface area contributed by atoms with E-state index in [4.69, 9.17) is 0 Å². The minimum atomic E-state index is 0.939. The molecule has 1 aliphatic rings. The van der Waals surface area contributed by atoms with Gasteiger partial charge in [0.2, 0.25) is 0 Å². The van der Waals surface area contributed by atoms with Gasteiger partial charge in [0, 0.05) is 11.9 Å². The Balaban J connectivity index is 2.06. The molecule has 1 nitrogen and oxygen atoms in total. The predicted octanol–water partition coefficient (Wildman–Crippen LogP) is 3.38. The van der Waals surface area contributed by atoms with Gasteiger partial charge in [-0.25, -0.2) is 0 Å². The van der Waals surface area contributed by atoms with Crippen molar-refractivity contribution in [2.24, 2.45) is 5.92 Å². The van der Waals surface area contributed by atoms with Crippen molar-refractivity contribution < 1.29 is 0 Å². The van der Waals surface area contributed by atoms with Crippen LogP contribution in [0.4, 0.5) is 0 Å². The van der Waals surface area contributed by atoms with E-state index in [9.17, 15) is 0 Å². The van der Waals surface area contributed by atoms with E-state index >= 15 is 0 Å². The van der Waals surface area contributed by atoms with E-state index in [0.29, 0.717) is 0 Å². The summed E-state index contributed by atoms with van der Waals surface area (Å²) in [6.07, 6.45) is 9.81. The zero-order chi connectivity index (χ0) is 9.80. The summed E-state index contributed by atoms with van der Waals surface area (Å²) in [7, 11) is 0. The molecule has 0 aromatic carbocycles. The zero-order valence-corrected chi connectivity index (χ0v) is 9.00. The first-order chi connectivity index (χ1) is 6.90. The molecule has 0 N–H and O–H groups in total. The molecular formula is C13H19N. The van der Waals surface area contributed by atoms with Crippen molar-refractivity contribution in [3.63, 3.8) is 0 Å². The van der Waals surface area contributed by atoms with Crippen LogP contribution in [0.5, 0.6) is 0 Å². The molecule has 1 atom stereocenters. The molecular weight excluding hydrogens is 170 g/mol. The quantitative estimate of drug-likeness (QED) is 0.650. The minimum Gasteiger partial charge on any atom is -0.261 e. The molecule has 0 amide bonds. The Morgan fingerprint density at radius 1 is 1.36 bits per heavy atom. The van der Waals surface area contributed by atoms with Gasteiger partial charge >= 0.3 is 0 Å². The molecule has 2 rings (SSSR count).